The molecule has 6 rings (SSSR count). The van der Waals surface area contributed by atoms with Crippen molar-refractivity contribution >= 4 is 16.8 Å². The molecule has 0 spiro atoms. The van der Waals surface area contributed by atoms with E-state index in [0.29, 0.717) is 18.2 Å². The third-order valence-corrected chi connectivity index (χ3v) is 7.21. The Hall–Kier alpha value is -3.71. The maximum Gasteiger partial charge on any atom is 0.252 e. The fraction of sp³-hybridized carbons (Fsp3) is 0.321. The molecular weight excluding hydrogens is 438 g/mol. The summed E-state index contributed by atoms with van der Waals surface area (Å²) in [5.74, 6) is 0.656. The minimum atomic E-state index is -0.407. The van der Waals surface area contributed by atoms with Gasteiger partial charge in [-0.2, -0.15) is 5.10 Å². The lowest BCUT2D eigenvalue weighted by atomic mass is 9.94. The van der Waals surface area contributed by atoms with Crippen LogP contribution in [0.3, 0.4) is 0 Å². The number of benzene rings is 2. The summed E-state index contributed by atoms with van der Waals surface area (Å²) in [5, 5.41) is 12.1. The van der Waals surface area contributed by atoms with Crippen LogP contribution in [-0.4, -0.2) is 39.9 Å². The van der Waals surface area contributed by atoms with E-state index in [2.05, 4.69) is 38.9 Å². The van der Waals surface area contributed by atoms with E-state index in [1.807, 2.05) is 56.8 Å². The number of nitrogens with zero attached hydrogens (tertiary/aromatic N) is 3. The molecule has 2 fully saturated rings. The summed E-state index contributed by atoms with van der Waals surface area (Å²) in [6.45, 7) is 3.63. The molecule has 1 saturated heterocycles. The Morgan fingerprint density at radius 2 is 2.09 bits per heavy atom. The lowest BCUT2D eigenvalue weighted by Crippen LogP contribution is -2.46. The van der Waals surface area contributed by atoms with Crippen molar-refractivity contribution in [2.45, 2.75) is 37.8 Å². The second-order valence-corrected chi connectivity index (χ2v) is 9.76. The van der Waals surface area contributed by atoms with Gasteiger partial charge < -0.3 is 15.4 Å². The Bertz CT molecular complexity index is 1420. The maximum atomic E-state index is 13.5. The van der Waals surface area contributed by atoms with E-state index in [1.165, 1.54) is 0 Å². The summed E-state index contributed by atoms with van der Waals surface area (Å²) in [7, 11) is 1.91. The van der Waals surface area contributed by atoms with Gasteiger partial charge in [0.25, 0.3) is 5.91 Å². The van der Waals surface area contributed by atoms with Gasteiger partial charge in [-0.25, -0.2) is 0 Å². The van der Waals surface area contributed by atoms with Gasteiger partial charge >= 0.3 is 0 Å². The first-order chi connectivity index (χ1) is 17.0. The molecule has 1 aliphatic heterocycles. The molecule has 0 bridgehead atoms. The summed E-state index contributed by atoms with van der Waals surface area (Å²) in [4.78, 5) is 18.2. The number of ether oxygens (including phenoxy) is 1. The van der Waals surface area contributed by atoms with E-state index in [-0.39, 0.29) is 5.91 Å². The van der Waals surface area contributed by atoms with Crippen LogP contribution >= 0.6 is 0 Å². The first-order valence-corrected chi connectivity index (χ1v) is 12.2. The number of fused-ring (bicyclic) bond motifs is 1. The van der Waals surface area contributed by atoms with Gasteiger partial charge in [0.05, 0.1) is 17.3 Å². The van der Waals surface area contributed by atoms with Crippen molar-refractivity contribution in [2.75, 3.05) is 13.2 Å². The second-order valence-electron chi connectivity index (χ2n) is 9.76. The third-order valence-electron chi connectivity index (χ3n) is 7.21. The van der Waals surface area contributed by atoms with Crippen LogP contribution in [0.4, 0.5) is 0 Å². The van der Waals surface area contributed by atoms with Crippen molar-refractivity contribution in [3.05, 3.63) is 77.7 Å². The normalized spacial score (nSPS) is 18.2. The quantitative estimate of drug-likeness (QED) is 0.428. The monoisotopic (exact) mass is 467 g/mol. The molecule has 2 aromatic heterocycles. The maximum absolute atomic E-state index is 13.5. The predicted molar refractivity (Wildman–Crippen MR) is 135 cm³/mol. The van der Waals surface area contributed by atoms with Crippen LogP contribution in [0.25, 0.3) is 22.0 Å². The molecule has 3 heterocycles. The summed E-state index contributed by atoms with van der Waals surface area (Å²) in [6.07, 6.45) is 8.58. The number of carbonyl (C=O) groups is 1. The van der Waals surface area contributed by atoms with Gasteiger partial charge in [0.15, 0.2) is 0 Å². The summed E-state index contributed by atoms with van der Waals surface area (Å²) in [6, 6.07) is 14.5. The molecule has 2 aromatic carbocycles. The first kappa shape index (κ1) is 21.8. The van der Waals surface area contributed by atoms with Gasteiger partial charge in [-0.15, -0.1) is 0 Å². The SMILES string of the molecule is Cc1ccc(OC[C@@H]2CCN2)cc1C(=O)NC1(c2cc(-c3cnn(C)c3)cc3ncccc23)CC1. The highest BCUT2D eigenvalue weighted by Crippen LogP contribution is 2.49. The molecule has 4 aromatic rings. The van der Waals surface area contributed by atoms with E-state index in [1.54, 1.807) is 4.68 Å². The van der Waals surface area contributed by atoms with Gasteiger partial charge in [-0.1, -0.05) is 12.1 Å². The van der Waals surface area contributed by atoms with Crippen molar-refractivity contribution < 1.29 is 9.53 Å². The topological polar surface area (TPSA) is 81.1 Å². The van der Waals surface area contributed by atoms with Crippen LogP contribution in [0.5, 0.6) is 5.75 Å². The number of hydrogen-bond acceptors (Lipinski definition) is 5. The number of amides is 1. The number of rotatable bonds is 7. The van der Waals surface area contributed by atoms with E-state index in [4.69, 9.17) is 4.74 Å². The molecule has 7 heteroatoms. The van der Waals surface area contributed by atoms with Crippen LogP contribution in [0.15, 0.2) is 61.1 Å². The van der Waals surface area contributed by atoms with Gasteiger partial charge in [-0.3, -0.25) is 14.5 Å². The molecule has 2 aliphatic rings. The molecule has 0 radical (unpaired) electrons. The number of pyridine rings is 1. The highest BCUT2D eigenvalue weighted by atomic mass is 16.5. The molecule has 1 aliphatic carbocycles. The molecule has 0 unspecified atom stereocenters. The minimum Gasteiger partial charge on any atom is -0.492 e. The Labute approximate surface area is 204 Å². The Kier molecular flexibility index (Phi) is 5.29. The Morgan fingerprint density at radius 3 is 2.80 bits per heavy atom. The van der Waals surface area contributed by atoms with E-state index >= 15 is 0 Å². The summed E-state index contributed by atoms with van der Waals surface area (Å²) < 4.78 is 7.75. The lowest BCUT2D eigenvalue weighted by molar-refractivity contribution is 0.0930. The van der Waals surface area contributed by atoms with Crippen LogP contribution in [0, 0.1) is 6.92 Å². The highest BCUT2D eigenvalue weighted by molar-refractivity contribution is 5.98. The molecule has 178 valence electrons. The van der Waals surface area contributed by atoms with Crippen LogP contribution < -0.4 is 15.4 Å². The third kappa shape index (κ3) is 4.17. The summed E-state index contributed by atoms with van der Waals surface area (Å²) >= 11 is 0. The second kappa shape index (κ2) is 8.50. The zero-order valence-corrected chi connectivity index (χ0v) is 20.0. The molecule has 2 N–H and O–H groups in total. The standard InChI is InChI=1S/C28H29N5O2/c1-18-5-6-22(35-17-21-7-11-29-21)14-24(18)27(34)32-28(8-9-28)25-12-19(20-15-31-33(2)16-20)13-26-23(25)4-3-10-30-26/h3-6,10,12-16,21,29H,7-9,11,17H2,1-2H3,(H,32,34)/t21-/m0/s1. The predicted octanol–water partition coefficient (Wildman–Crippen LogP) is 4.10. The van der Waals surface area contributed by atoms with Crippen molar-refractivity contribution in [2.24, 2.45) is 7.05 Å². The van der Waals surface area contributed by atoms with Gasteiger partial charge in [0.2, 0.25) is 0 Å². The van der Waals surface area contributed by atoms with Crippen molar-refractivity contribution in [1.29, 1.82) is 0 Å². The van der Waals surface area contributed by atoms with Crippen molar-refractivity contribution in [3.63, 3.8) is 0 Å². The van der Waals surface area contributed by atoms with Crippen LogP contribution in [0.2, 0.25) is 0 Å². The van der Waals surface area contributed by atoms with E-state index in [0.717, 1.165) is 64.7 Å². The fourth-order valence-electron chi connectivity index (χ4n) is 4.81. The zero-order chi connectivity index (χ0) is 24.0. The molecule has 1 atom stereocenters. The Balaban J connectivity index is 1.31. The van der Waals surface area contributed by atoms with Gasteiger partial charge in [0.1, 0.15) is 12.4 Å². The number of aromatic nitrogens is 3. The summed E-state index contributed by atoms with van der Waals surface area (Å²) in [5.41, 5.74) is 5.29. The largest absolute Gasteiger partial charge is 0.492 e. The highest BCUT2D eigenvalue weighted by Gasteiger charge is 2.47. The zero-order valence-electron chi connectivity index (χ0n) is 20.0. The van der Waals surface area contributed by atoms with Crippen molar-refractivity contribution in [3.8, 4) is 16.9 Å². The number of hydrogen-bond donors (Lipinski definition) is 2. The smallest absolute Gasteiger partial charge is 0.252 e. The molecule has 35 heavy (non-hydrogen) atoms. The minimum absolute atomic E-state index is 0.0731. The van der Waals surface area contributed by atoms with Crippen LogP contribution in [-0.2, 0) is 12.6 Å². The number of aryl methyl sites for hydroxylation is 2. The lowest BCUT2D eigenvalue weighted by Gasteiger charge is -2.27. The molecule has 1 saturated carbocycles. The molecular formula is C28H29N5O2. The van der Waals surface area contributed by atoms with E-state index in [9.17, 15) is 4.79 Å². The fourth-order valence-corrected chi connectivity index (χ4v) is 4.81. The number of carbonyl (C=O) groups excluding carboxylic acids is 1. The van der Waals surface area contributed by atoms with E-state index < -0.39 is 5.54 Å². The van der Waals surface area contributed by atoms with Gasteiger partial charge in [0, 0.05) is 42.0 Å². The first-order valence-electron chi connectivity index (χ1n) is 12.2. The van der Waals surface area contributed by atoms with Gasteiger partial charge in [-0.05, 0) is 79.8 Å². The average molecular weight is 468 g/mol. The number of nitrogens with one attached hydrogen (secondary N) is 2. The Morgan fingerprint density at radius 1 is 1.23 bits per heavy atom. The van der Waals surface area contributed by atoms with Crippen LogP contribution in [0.1, 0.15) is 40.7 Å². The molecule has 7 nitrogen and oxygen atoms in total. The van der Waals surface area contributed by atoms with Crippen molar-refractivity contribution in [1.82, 2.24) is 25.4 Å². The molecule has 1 amide bonds. The average Bonchev–Trinajstić information content (AvgIpc) is 3.48.